The minimum Gasteiger partial charge on any atom is -0.369 e. The lowest BCUT2D eigenvalue weighted by atomic mass is 10.1. The molecule has 0 heterocycles. The Kier molecular flexibility index (Phi) is 10.1. The van der Waals surface area contributed by atoms with Gasteiger partial charge in [0, 0.05) is 29.8 Å². The molecule has 2 aromatic carbocycles. The maximum atomic E-state index is 12.4. The molecule has 170 valence electrons. The number of aryl methyl sites for hydroxylation is 1. The van der Waals surface area contributed by atoms with Crippen molar-refractivity contribution in [1.82, 2.24) is 5.32 Å². The highest BCUT2D eigenvalue weighted by molar-refractivity contribution is 6.04. The number of carbonyl (C=O) groups is 2. The molecule has 0 bridgehead atoms. The highest BCUT2D eigenvalue weighted by atomic mass is 16.2. The van der Waals surface area contributed by atoms with Crippen LogP contribution in [0.25, 0.3) is 22.6 Å². The molecule has 2 rings (SSSR count). The van der Waals surface area contributed by atoms with Crippen LogP contribution in [0.3, 0.4) is 0 Å². The summed E-state index contributed by atoms with van der Waals surface area (Å²) in [5.74, 6) is -1.47. The molecule has 0 atom stereocenters. The predicted octanol–water partition coefficient (Wildman–Crippen LogP) is 4.64. The third-order valence-corrected chi connectivity index (χ3v) is 4.76. The molecule has 0 saturated heterocycles. The zero-order valence-electron chi connectivity index (χ0n) is 18.7. The summed E-state index contributed by atoms with van der Waals surface area (Å²) in [7, 11) is 0. The van der Waals surface area contributed by atoms with Gasteiger partial charge in [-0.05, 0) is 58.5 Å². The molecule has 1 N–H and O–H groups in total. The van der Waals surface area contributed by atoms with E-state index in [1.165, 1.54) is 12.2 Å². The van der Waals surface area contributed by atoms with Crippen LogP contribution in [0.4, 0.5) is 5.69 Å². The third kappa shape index (κ3) is 8.01. The molecule has 0 spiro atoms. The second-order valence-electron chi connectivity index (χ2n) is 7.13. The van der Waals surface area contributed by atoms with Gasteiger partial charge in [-0.1, -0.05) is 36.4 Å². The largest absolute Gasteiger partial charge is 0.369 e. The van der Waals surface area contributed by atoms with Gasteiger partial charge in [-0.2, -0.15) is 10.5 Å². The average molecular weight is 454 g/mol. The summed E-state index contributed by atoms with van der Waals surface area (Å²) < 4.78 is 0. The van der Waals surface area contributed by atoms with Gasteiger partial charge in [-0.25, -0.2) is 0 Å². The van der Waals surface area contributed by atoms with Gasteiger partial charge in [-0.15, -0.1) is 0 Å². The fourth-order valence-corrected chi connectivity index (χ4v) is 3.07. The first kappa shape index (κ1) is 25.4. The topological polar surface area (TPSA) is 146 Å². The summed E-state index contributed by atoms with van der Waals surface area (Å²) in [5, 5.41) is 23.4. The fraction of sp³-hybridized carbons (Fsp3) is 0.200. The van der Waals surface area contributed by atoms with Gasteiger partial charge in [0.2, 0.25) is 5.91 Å². The van der Waals surface area contributed by atoms with Crippen molar-refractivity contribution in [2.24, 2.45) is 5.11 Å². The Balaban J connectivity index is 2.29. The number of nitrogens with zero attached hydrogens (tertiary/aromatic N) is 6. The van der Waals surface area contributed by atoms with Crippen molar-refractivity contribution in [1.29, 1.82) is 10.5 Å². The number of hydrogen-bond donors (Lipinski definition) is 1. The summed E-state index contributed by atoms with van der Waals surface area (Å²) >= 11 is 0. The number of nitriles is 2. The van der Waals surface area contributed by atoms with Crippen molar-refractivity contribution < 1.29 is 9.59 Å². The van der Waals surface area contributed by atoms with E-state index in [9.17, 15) is 9.59 Å². The minimum absolute atomic E-state index is 0.165. The summed E-state index contributed by atoms with van der Waals surface area (Å²) in [5.41, 5.74) is 11.6. The maximum absolute atomic E-state index is 12.4. The monoisotopic (exact) mass is 453 g/mol. The molecule has 2 aromatic rings. The van der Waals surface area contributed by atoms with E-state index in [0.717, 1.165) is 16.8 Å². The lowest BCUT2D eigenvalue weighted by Gasteiger charge is -2.23. The van der Waals surface area contributed by atoms with E-state index in [0.29, 0.717) is 31.5 Å². The van der Waals surface area contributed by atoms with E-state index in [1.807, 2.05) is 48.2 Å². The van der Waals surface area contributed by atoms with E-state index < -0.39 is 11.8 Å². The summed E-state index contributed by atoms with van der Waals surface area (Å²) in [6, 6.07) is 18.8. The van der Waals surface area contributed by atoms with Crippen LogP contribution in [0, 0.1) is 29.6 Å². The number of anilines is 1. The molecule has 9 heteroatoms. The lowest BCUT2D eigenvalue weighted by Crippen LogP contribution is -2.25. The molecule has 2 amide bonds. The van der Waals surface area contributed by atoms with Gasteiger partial charge in [0.05, 0.1) is 30.7 Å². The minimum atomic E-state index is -0.919. The molecule has 0 unspecified atom stereocenters. The number of carbonyl (C=O) groups excluding carboxylic acids is 2. The van der Waals surface area contributed by atoms with Crippen LogP contribution in [0.1, 0.15) is 29.5 Å². The Bertz CT molecular complexity index is 1200. The lowest BCUT2D eigenvalue weighted by molar-refractivity contribution is -0.119. The van der Waals surface area contributed by atoms with Crippen LogP contribution in [-0.2, 0) is 9.59 Å². The normalized spacial score (nSPS) is 10.6. The first-order valence-electron chi connectivity index (χ1n) is 10.4. The fourth-order valence-electron chi connectivity index (χ4n) is 3.07. The molecule has 0 aliphatic carbocycles. The van der Waals surface area contributed by atoms with Crippen molar-refractivity contribution >= 4 is 29.7 Å². The molecule has 34 heavy (non-hydrogen) atoms. The van der Waals surface area contributed by atoms with Crippen molar-refractivity contribution in [3.63, 3.8) is 0 Å². The summed E-state index contributed by atoms with van der Waals surface area (Å²) in [6.07, 6.45) is 4.96. The molecule has 0 aliphatic heterocycles. The summed E-state index contributed by atoms with van der Waals surface area (Å²) in [4.78, 5) is 29.1. The van der Waals surface area contributed by atoms with E-state index >= 15 is 0 Å². The SMILES string of the molecule is Cc1cc(N(CCC#N)CCC#N)ccc1/C=C(\NC(=O)/C=C/c1ccccc1)C(=O)N=[N+]=[N-]. The highest BCUT2D eigenvalue weighted by Crippen LogP contribution is 2.22. The number of azide groups is 1. The van der Waals surface area contributed by atoms with Gasteiger partial charge in [-0.3, -0.25) is 9.59 Å². The number of rotatable bonds is 10. The van der Waals surface area contributed by atoms with Crippen LogP contribution in [0.2, 0.25) is 0 Å². The van der Waals surface area contributed by atoms with E-state index in [4.69, 9.17) is 16.1 Å². The molecule has 0 saturated carbocycles. The van der Waals surface area contributed by atoms with E-state index in [-0.39, 0.29) is 5.70 Å². The number of hydrogen-bond acceptors (Lipinski definition) is 5. The van der Waals surface area contributed by atoms with Crippen LogP contribution < -0.4 is 10.2 Å². The third-order valence-electron chi connectivity index (χ3n) is 4.76. The van der Waals surface area contributed by atoms with Crippen LogP contribution in [0.15, 0.2) is 65.4 Å². The van der Waals surface area contributed by atoms with Gasteiger partial charge < -0.3 is 10.2 Å². The van der Waals surface area contributed by atoms with Crippen LogP contribution in [-0.4, -0.2) is 24.9 Å². The van der Waals surface area contributed by atoms with E-state index in [1.54, 1.807) is 18.2 Å². The predicted molar refractivity (Wildman–Crippen MR) is 130 cm³/mol. The van der Waals surface area contributed by atoms with Crippen molar-refractivity contribution in [3.8, 4) is 12.1 Å². The Hall–Kier alpha value is -4.85. The number of benzene rings is 2. The van der Waals surface area contributed by atoms with Gasteiger partial charge in [0.25, 0.3) is 5.91 Å². The Morgan fingerprint density at radius 1 is 1.12 bits per heavy atom. The average Bonchev–Trinajstić information content (AvgIpc) is 2.84. The first-order valence-corrected chi connectivity index (χ1v) is 10.4. The molecular weight excluding hydrogens is 430 g/mol. The highest BCUT2D eigenvalue weighted by Gasteiger charge is 2.13. The van der Waals surface area contributed by atoms with E-state index in [2.05, 4.69) is 27.5 Å². The van der Waals surface area contributed by atoms with Crippen molar-refractivity contribution in [2.75, 3.05) is 18.0 Å². The first-order chi connectivity index (χ1) is 16.5. The smallest absolute Gasteiger partial charge is 0.265 e. The molecule has 0 radical (unpaired) electrons. The van der Waals surface area contributed by atoms with Gasteiger partial charge in [0.15, 0.2) is 0 Å². The second kappa shape index (κ2) is 13.5. The van der Waals surface area contributed by atoms with Crippen LogP contribution >= 0.6 is 0 Å². The van der Waals surface area contributed by atoms with Gasteiger partial charge >= 0.3 is 0 Å². The molecule has 9 nitrogen and oxygen atoms in total. The summed E-state index contributed by atoms with van der Waals surface area (Å²) in [6.45, 7) is 2.79. The van der Waals surface area contributed by atoms with Crippen molar-refractivity contribution in [2.45, 2.75) is 19.8 Å². The Morgan fingerprint density at radius 3 is 2.38 bits per heavy atom. The zero-order valence-corrected chi connectivity index (χ0v) is 18.7. The standard InChI is InChI=1S/C25H23N7O2/c1-19-17-22(32(15-5-13-26)16-6-14-27)11-10-21(19)18-23(25(34)30-31-28)29-24(33)12-9-20-7-3-2-4-8-20/h2-4,7-12,17-18H,5-6,15-16H2,1H3,(H,29,33)/b12-9+,23-18-. The quantitative estimate of drug-likeness (QED) is 0.241. The van der Waals surface area contributed by atoms with Crippen LogP contribution in [0.5, 0.6) is 0 Å². The Morgan fingerprint density at radius 2 is 1.79 bits per heavy atom. The number of nitrogens with one attached hydrogen (secondary N) is 1. The number of amides is 2. The Labute approximate surface area is 197 Å². The van der Waals surface area contributed by atoms with Crippen molar-refractivity contribution in [3.05, 3.63) is 87.4 Å². The molecule has 0 fully saturated rings. The second-order valence-corrected chi connectivity index (χ2v) is 7.13. The molecule has 0 aromatic heterocycles. The maximum Gasteiger partial charge on any atom is 0.265 e. The van der Waals surface area contributed by atoms with Gasteiger partial charge in [0.1, 0.15) is 0 Å². The zero-order chi connectivity index (χ0) is 24.8. The molecule has 0 aliphatic rings. The molecular formula is C25H23N7O2.